The largest absolute Gasteiger partial charge is 0.507 e. The lowest BCUT2D eigenvalue weighted by Gasteiger charge is -2.25. The normalized spacial score (nSPS) is 18.9. The van der Waals surface area contributed by atoms with E-state index < -0.39 is 17.7 Å². The third-order valence-corrected chi connectivity index (χ3v) is 5.06. The van der Waals surface area contributed by atoms with Gasteiger partial charge in [-0.3, -0.25) is 9.59 Å². The van der Waals surface area contributed by atoms with Crippen molar-refractivity contribution in [2.75, 3.05) is 27.2 Å². The highest BCUT2D eigenvalue weighted by Crippen LogP contribution is 2.39. The van der Waals surface area contributed by atoms with Crippen LogP contribution in [0, 0.1) is 6.92 Å². The first kappa shape index (κ1) is 19.8. The van der Waals surface area contributed by atoms with Gasteiger partial charge in [-0.15, -0.1) is 0 Å². The molecule has 2 aromatic rings. The van der Waals surface area contributed by atoms with Crippen LogP contribution in [0.15, 0.2) is 60.2 Å². The molecule has 1 aliphatic heterocycles. The van der Waals surface area contributed by atoms with Gasteiger partial charge >= 0.3 is 0 Å². The van der Waals surface area contributed by atoms with Crippen molar-refractivity contribution in [3.05, 3.63) is 76.9 Å². The van der Waals surface area contributed by atoms with Gasteiger partial charge in [-0.25, -0.2) is 0 Å². The zero-order valence-electron chi connectivity index (χ0n) is 16.6. The number of aliphatic hydroxyl groups is 1. The molecule has 2 N–H and O–H groups in total. The fraction of sp³-hybridized carbons (Fsp3) is 0.304. The molecule has 1 aliphatic rings. The minimum atomic E-state index is -0.621. The van der Waals surface area contributed by atoms with Crippen molar-refractivity contribution < 1.29 is 19.6 Å². The quantitative estimate of drug-likeness (QED) is 0.458. The molecule has 1 atom stereocenters. The molecule has 1 fully saturated rings. The van der Waals surface area contributed by atoms with E-state index in [1.165, 1.54) is 4.90 Å². The highest BCUT2D eigenvalue weighted by atomic mass is 16.3. The Hall–Kier alpha value is -2.92. The summed E-state index contributed by atoms with van der Waals surface area (Å²) in [5.41, 5.74) is 2.59. The van der Waals surface area contributed by atoms with E-state index in [2.05, 4.69) is 14.1 Å². The number of carbonyl (C=O) groups is 2. The molecule has 28 heavy (non-hydrogen) atoms. The molecule has 3 rings (SSSR count). The molecule has 1 saturated heterocycles. The zero-order chi connectivity index (χ0) is 20.3. The minimum Gasteiger partial charge on any atom is -0.507 e. The molecule has 1 heterocycles. The Morgan fingerprint density at radius 2 is 1.68 bits per heavy atom. The first-order valence-electron chi connectivity index (χ1n) is 9.59. The van der Waals surface area contributed by atoms with Crippen LogP contribution >= 0.6 is 0 Å². The van der Waals surface area contributed by atoms with E-state index in [1.54, 1.807) is 17.0 Å². The van der Waals surface area contributed by atoms with E-state index in [0.717, 1.165) is 24.1 Å². The fourth-order valence-corrected chi connectivity index (χ4v) is 3.56. The van der Waals surface area contributed by atoms with Crippen LogP contribution in [-0.4, -0.2) is 48.9 Å². The van der Waals surface area contributed by atoms with Crippen LogP contribution in [0.2, 0.25) is 0 Å². The Morgan fingerprint density at radius 3 is 2.29 bits per heavy atom. The maximum atomic E-state index is 12.9. The number of nitrogens with zero attached hydrogens (tertiary/aromatic N) is 1. The van der Waals surface area contributed by atoms with E-state index in [-0.39, 0.29) is 11.3 Å². The molecule has 1 amide bonds. The van der Waals surface area contributed by atoms with Crippen molar-refractivity contribution in [3.8, 4) is 0 Å². The van der Waals surface area contributed by atoms with E-state index >= 15 is 0 Å². The number of quaternary nitrogens is 1. The van der Waals surface area contributed by atoms with E-state index in [4.69, 9.17) is 0 Å². The second-order valence-corrected chi connectivity index (χ2v) is 7.58. The number of aliphatic hydroxyl groups excluding tert-OH is 1. The lowest BCUT2D eigenvalue weighted by Crippen LogP contribution is -3.05. The van der Waals surface area contributed by atoms with Gasteiger partial charge in [0.15, 0.2) is 0 Å². The number of Topliss-reactive ketones (excluding diaryl/α,β-unsaturated/α-hetero) is 1. The van der Waals surface area contributed by atoms with E-state index in [1.807, 2.05) is 49.4 Å². The standard InChI is InChI=1S/C23H26N2O3/c1-16-10-12-18(13-11-16)21(26)19-20(17-8-5-4-6-9-17)25(23(28)22(19)27)15-7-14-24(2)3/h4-6,8-13,20,26H,7,14-15H2,1-3H3/p+1/t20-/m1/s1. The number of nitrogens with one attached hydrogen (secondary N) is 1. The van der Waals surface area contributed by atoms with Gasteiger partial charge in [-0.1, -0.05) is 60.2 Å². The van der Waals surface area contributed by atoms with Crippen LogP contribution in [-0.2, 0) is 9.59 Å². The van der Waals surface area contributed by atoms with Crippen molar-refractivity contribution in [3.63, 3.8) is 0 Å². The molecule has 2 aromatic carbocycles. The van der Waals surface area contributed by atoms with Gasteiger partial charge in [0.25, 0.3) is 11.7 Å². The average Bonchev–Trinajstić information content (AvgIpc) is 2.93. The summed E-state index contributed by atoms with van der Waals surface area (Å²) in [5.74, 6) is -1.28. The average molecular weight is 379 g/mol. The molecule has 5 heteroatoms. The van der Waals surface area contributed by atoms with Crippen LogP contribution in [0.5, 0.6) is 0 Å². The Labute approximate surface area is 165 Å². The third kappa shape index (κ3) is 3.99. The molecule has 0 aliphatic carbocycles. The number of rotatable bonds is 6. The molecular formula is C23H27N2O3+. The maximum Gasteiger partial charge on any atom is 0.295 e. The number of carbonyl (C=O) groups excluding carboxylic acids is 2. The predicted octanol–water partition coefficient (Wildman–Crippen LogP) is 1.95. The number of likely N-dealkylation sites (tertiary alicyclic amines) is 1. The molecule has 0 aromatic heterocycles. The topological polar surface area (TPSA) is 62.0 Å². The van der Waals surface area contributed by atoms with Gasteiger partial charge in [-0.2, -0.15) is 0 Å². The Bertz CT molecular complexity index is 886. The zero-order valence-corrected chi connectivity index (χ0v) is 16.6. The predicted molar refractivity (Wildman–Crippen MR) is 109 cm³/mol. The number of benzene rings is 2. The number of amides is 1. The van der Waals surface area contributed by atoms with Crippen molar-refractivity contribution in [2.45, 2.75) is 19.4 Å². The van der Waals surface area contributed by atoms with Crippen molar-refractivity contribution in [1.82, 2.24) is 4.90 Å². The van der Waals surface area contributed by atoms with E-state index in [9.17, 15) is 14.7 Å². The summed E-state index contributed by atoms with van der Waals surface area (Å²) in [7, 11) is 4.11. The number of hydrogen-bond donors (Lipinski definition) is 2. The first-order chi connectivity index (χ1) is 13.4. The van der Waals surface area contributed by atoms with Crippen LogP contribution in [0.25, 0.3) is 5.76 Å². The van der Waals surface area contributed by atoms with Gasteiger partial charge in [0.2, 0.25) is 0 Å². The van der Waals surface area contributed by atoms with Gasteiger partial charge < -0.3 is 14.9 Å². The minimum absolute atomic E-state index is 0.118. The monoisotopic (exact) mass is 379 g/mol. The first-order valence-corrected chi connectivity index (χ1v) is 9.59. The Morgan fingerprint density at radius 1 is 1.04 bits per heavy atom. The molecule has 0 bridgehead atoms. The molecular weight excluding hydrogens is 352 g/mol. The lowest BCUT2D eigenvalue weighted by molar-refractivity contribution is -0.858. The lowest BCUT2D eigenvalue weighted by atomic mass is 9.95. The summed E-state index contributed by atoms with van der Waals surface area (Å²) in [6.45, 7) is 3.32. The second-order valence-electron chi connectivity index (χ2n) is 7.58. The van der Waals surface area contributed by atoms with Gasteiger partial charge in [0.05, 0.1) is 32.3 Å². The summed E-state index contributed by atoms with van der Waals surface area (Å²) in [4.78, 5) is 28.5. The summed E-state index contributed by atoms with van der Waals surface area (Å²) in [6.07, 6.45) is 0.781. The Kier molecular flexibility index (Phi) is 5.95. The third-order valence-electron chi connectivity index (χ3n) is 5.06. The molecule has 5 nitrogen and oxygen atoms in total. The van der Waals surface area contributed by atoms with Crippen LogP contribution < -0.4 is 4.90 Å². The SMILES string of the molecule is Cc1ccc(C(O)=C2C(=O)C(=O)N(CCC[NH+](C)C)[C@@H]2c2ccccc2)cc1. The molecule has 0 spiro atoms. The fourth-order valence-electron chi connectivity index (χ4n) is 3.56. The Balaban J connectivity index is 2.06. The van der Waals surface area contributed by atoms with Crippen molar-refractivity contribution in [2.24, 2.45) is 0 Å². The molecule has 0 radical (unpaired) electrons. The summed E-state index contributed by atoms with van der Waals surface area (Å²) >= 11 is 0. The summed E-state index contributed by atoms with van der Waals surface area (Å²) < 4.78 is 0. The summed E-state index contributed by atoms with van der Waals surface area (Å²) in [5, 5.41) is 10.9. The van der Waals surface area contributed by atoms with Gasteiger partial charge in [0.1, 0.15) is 5.76 Å². The molecule has 0 unspecified atom stereocenters. The molecule has 146 valence electrons. The smallest absolute Gasteiger partial charge is 0.295 e. The highest BCUT2D eigenvalue weighted by Gasteiger charge is 2.45. The summed E-state index contributed by atoms with van der Waals surface area (Å²) in [6, 6.07) is 16.2. The van der Waals surface area contributed by atoms with E-state index in [0.29, 0.717) is 12.1 Å². The highest BCUT2D eigenvalue weighted by molar-refractivity contribution is 6.46. The van der Waals surface area contributed by atoms with Gasteiger partial charge in [-0.05, 0) is 12.5 Å². The van der Waals surface area contributed by atoms with Gasteiger partial charge in [0, 0.05) is 18.5 Å². The second kappa shape index (κ2) is 8.40. The maximum absolute atomic E-state index is 12.9. The van der Waals surface area contributed by atoms with Crippen LogP contribution in [0.4, 0.5) is 0 Å². The van der Waals surface area contributed by atoms with Crippen LogP contribution in [0.3, 0.4) is 0 Å². The van der Waals surface area contributed by atoms with Crippen molar-refractivity contribution >= 4 is 17.4 Å². The number of aryl methyl sites for hydroxylation is 1. The molecule has 0 saturated carbocycles. The number of hydrogen-bond acceptors (Lipinski definition) is 3. The van der Waals surface area contributed by atoms with Crippen LogP contribution in [0.1, 0.15) is 29.2 Å². The van der Waals surface area contributed by atoms with Crippen molar-refractivity contribution in [1.29, 1.82) is 0 Å². The number of ketones is 1.